The van der Waals surface area contributed by atoms with Crippen molar-refractivity contribution in [2.75, 3.05) is 6.54 Å². The van der Waals surface area contributed by atoms with Crippen LogP contribution in [0.25, 0.3) is 0 Å². The minimum Gasteiger partial charge on any atom is -0.392 e. The van der Waals surface area contributed by atoms with Crippen LogP contribution in [0.4, 0.5) is 0 Å². The zero-order chi connectivity index (χ0) is 12.8. The highest BCUT2D eigenvalue weighted by molar-refractivity contribution is 6.35. The van der Waals surface area contributed by atoms with E-state index in [0.29, 0.717) is 22.9 Å². The zero-order valence-electron chi connectivity index (χ0n) is 9.54. The van der Waals surface area contributed by atoms with Crippen LogP contribution in [0.5, 0.6) is 0 Å². The highest BCUT2D eigenvalue weighted by atomic mass is 35.5. The van der Waals surface area contributed by atoms with Crippen LogP contribution in [0.1, 0.15) is 18.9 Å². The van der Waals surface area contributed by atoms with E-state index in [1.165, 1.54) is 0 Å². The molecule has 1 aromatic rings. The first kappa shape index (κ1) is 14.3. The molecule has 5 heteroatoms. The molecule has 0 saturated carbocycles. The monoisotopic (exact) mass is 275 g/mol. The molecule has 3 nitrogen and oxygen atoms in total. The predicted molar refractivity (Wildman–Crippen MR) is 69.5 cm³/mol. The maximum absolute atomic E-state index is 11.4. The van der Waals surface area contributed by atoms with Crippen molar-refractivity contribution in [3.63, 3.8) is 0 Å². The number of amides is 1. The summed E-state index contributed by atoms with van der Waals surface area (Å²) in [6.45, 7) is 1.89. The summed E-state index contributed by atoms with van der Waals surface area (Å²) in [5.41, 5.74) is 0.892. The van der Waals surface area contributed by atoms with Gasteiger partial charge < -0.3 is 10.4 Å². The summed E-state index contributed by atoms with van der Waals surface area (Å²) in [4.78, 5) is 11.4. The molecular weight excluding hydrogens is 261 g/mol. The second kappa shape index (κ2) is 6.84. The van der Waals surface area contributed by atoms with Crippen LogP contribution < -0.4 is 5.32 Å². The van der Waals surface area contributed by atoms with E-state index in [9.17, 15) is 4.79 Å². The molecule has 0 aliphatic heterocycles. The Morgan fingerprint density at radius 2 is 2.18 bits per heavy atom. The maximum Gasteiger partial charge on any atom is 0.220 e. The lowest BCUT2D eigenvalue weighted by molar-refractivity contribution is -0.121. The van der Waals surface area contributed by atoms with Crippen LogP contribution >= 0.6 is 23.2 Å². The molecular formula is C12H15Cl2NO2. The van der Waals surface area contributed by atoms with Crippen molar-refractivity contribution in [1.29, 1.82) is 0 Å². The maximum atomic E-state index is 11.4. The fraction of sp³-hybridized carbons (Fsp3) is 0.417. The largest absolute Gasteiger partial charge is 0.392 e. The first-order valence-electron chi connectivity index (χ1n) is 5.37. The number of aryl methyl sites for hydroxylation is 1. The lowest BCUT2D eigenvalue weighted by Crippen LogP contribution is -2.30. The molecule has 0 aliphatic rings. The van der Waals surface area contributed by atoms with Crippen LogP contribution in [0.2, 0.25) is 10.0 Å². The lowest BCUT2D eigenvalue weighted by Gasteiger charge is -2.08. The molecule has 0 aromatic heterocycles. The van der Waals surface area contributed by atoms with Gasteiger partial charge in [-0.1, -0.05) is 29.3 Å². The van der Waals surface area contributed by atoms with Gasteiger partial charge in [-0.2, -0.15) is 0 Å². The first-order chi connectivity index (χ1) is 7.99. The van der Waals surface area contributed by atoms with Crippen molar-refractivity contribution in [1.82, 2.24) is 5.32 Å². The van der Waals surface area contributed by atoms with Gasteiger partial charge in [0, 0.05) is 23.0 Å². The summed E-state index contributed by atoms with van der Waals surface area (Å²) >= 11 is 11.8. The summed E-state index contributed by atoms with van der Waals surface area (Å²) in [6.07, 6.45) is 0.369. The second-order valence-corrected chi connectivity index (χ2v) is 4.73. The highest BCUT2D eigenvalue weighted by Gasteiger charge is 2.06. The van der Waals surface area contributed by atoms with E-state index in [4.69, 9.17) is 28.3 Å². The molecule has 0 heterocycles. The normalized spacial score (nSPS) is 12.2. The smallest absolute Gasteiger partial charge is 0.220 e. The average Bonchev–Trinajstić information content (AvgIpc) is 2.25. The zero-order valence-corrected chi connectivity index (χ0v) is 11.1. The highest BCUT2D eigenvalue weighted by Crippen LogP contribution is 2.21. The summed E-state index contributed by atoms with van der Waals surface area (Å²) in [6, 6.07) is 5.22. The quantitative estimate of drug-likeness (QED) is 0.867. The third-order valence-electron chi connectivity index (χ3n) is 2.23. The summed E-state index contributed by atoms with van der Waals surface area (Å²) < 4.78 is 0. The molecule has 1 atom stereocenters. The van der Waals surface area contributed by atoms with Crippen molar-refractivity contribution >= 4 is 29.1 Å². The number of carbonyl (C=O) groups excluding carboxylic acids is 1. The Balaban J connectivity index is 2.42. The van der Waals surface area contributed by atoms with Gasteiger partial charge in [0.15, 0.2) is 0 Å². The molecule has 0 radical (unpaired) electrons. The van der Waals surface area contributed by atoms with E-state index in [-0.39, 0.29) is 12.5 Å². The molecule has 0 spiro atoms. The molecule has 17 heavy (non-hydrogen) atoms. The summed E-state index contributed by atoms with van der Waals surface area (Å²) in [7, 11) is 0. The Kier molecular flexibility index (Phi) is 5.75. The number of hydrogen-bond acceptors (Lipinski definition) is 2. The Labute approximate surface area is 111 Å². The number of halogens is 2. The van der Waals surface area contributed by atoms with E-state index in [1.807, 2.05) is 6.07 Å². The van der Waals surface area contributed by atoms with Crippen molar-refractivity contribution in [3.05, 3.63) is 33.8 Å². The van der Waals surface area contributed by atoms with Gasteiger partial charge in [-0.05, 0) is 31.0 Å². The minimum absolute atomic E-state index is 0.100. The lowest BCUT2D eigenvalue weighted by atomic mass is 10.1. The Morgan fingerprint density at radius 1 is 1.47 bits per heavy atom. The molecule has 0 fully saturated rings. The molecule has 0 bridgehead atoms. The van der Waals surface area contributed by atoms with Gasteiger partial charge in [-0.15, -0.1) is 0 Å². The van der Waals surface area contributed by atoms with Gasteiger partial charge in [0.05, 0.1) is 6.10 Å². The Morgan fingerprint density at radius 3 is 2.76 bits per heavy atom. The fourth-order valence-electron chi connectivity index (χ4n) is 1.32. The van der Waals surface area contributed by atoms with E-state index >= 15 is 0 Å². The molecule has 1 unspecified atom stereocenters. The van der Waals surface area contributed by atoms with Crippen LogP contribution in [-0.4, -0.2) is 23.7 Å². The van der Waals surface area contributed by atoms with Crippen molar-refractivity contribution in [2.24, 2.45) is 0 Å². The molecule has 94 valence electrons. The van der Waals surface area contributed by atoms with Gasteiger partial charge in [0.2, 0.25) is 5.91 Å². The van der Waals surface area contributed by atoms with Crippen LogP contribution in [0, 0.1) is 0 Å². The third kappa shape index (κ3) is 5.39. The van der Waals surface area contributed by atoms with Gasteiger partial charge in [-0.25, -0.2) is 0 Å². The predicted octanol–water partition coefficient (Wildman–Crippen LogP) is 2.42. The molecule has 0 saturated heterocycles. The van der Waals surface area contributed by atoms with E-state index in [2.05, 4.69) is 5.32 Å². The average molecular weight is 276 g/mol. The Hall–Kier alpha value is -0.770. The SMILES string of the molecule is CC(O)CNC(=O)CCc1ccc(Cl)cc1Cl. The van der Waals surface area contributed by atoms with Crippen molar-refractivity contribution in [2.45, 2.75) is 25.9 Å². The van der Waals surface area contributed by atoms with Crippen LogP contribution in [0.15, 0.2) is 18.2 Å². The van der Waals surface area contributed by atoms with Gasteiger partial charge in [0.1, 0.15) is 0 Å². The number of aliphatic hydroxyl groups is 1. The molecule has 0 aliphatic carbocycles. The standard InChI is InChI=1S/C12H15Cl2NO2/c1-8(16)7-15-12(17)5-3-9-2-4-10(13)6-11(9)14/h2,4,6,8,16H,3,5,7H2,1H3,(H,15,17). The van der Waals surface area contributed by atoms with E-state index in [0.717, 1.165) is 5.56 Å². The Bertz CT molecular complexity index is 394. The number of rotatable bonds is 5. The number of hydrogen-bond donors (Lipinski definition) is 2. The van der Waals surface area contributed by atoms with Crippen LogP contribution in [0.3, 0.4) is 0 Å². The van der Waals surface area contributed by atoms with Gasteiger partial charge in [0.25, 0.3) is 0 Å². The number of benzene rings is 1. The topological polar surface area (TPSA) is 49.3 Å². The fourth-order valence-corrected chi connectivity index (χ4v) is 1.83. The molecule has 1 amide bonds. The van der Waals surface area contributed by atoms with Crippen LogP contribution in [-0.2, 0) is 11.2 Å². The molecule has 1 rings (SSSR count). The molecule has 2 N–H and O–H groups in total. The van der Waals surface area contributed by atoms with E-state index in [1.54, 1.807) is 19.1 Å². The van der Waals surface area contributed by atoms with Crippen molar-refractivity contribution in [3.8, 4) is 0 Å². The first-order valence-corrected chi connectivity index (χ1v) is 6.13. The van der Waals surface area contributed by atoms with Gasteiger partial charge >= 0.3 is 0 Å². The second-order valence-electron chi connectivity index (χ2n) is 3.89. The van der Waals surface area contributed by atoms with Gasteiger partial charge in [-0.3, -0.25) is 4.79 Å². The minimum atomic E-state index is -0.530. The number of aliphatic hydroxyl groups excluding tert-OH is 1. The third-order valence-corrected chi connectivity index (χ3v) is 2.82. The number of nitrogens with one attached hydrogen (secondary N) is 1. The van der Waals surface area contributed by atoms with E-state index < -0.39 is 6.10 Å². The summed E-state index contributed by atoms with van der Waals surface area (Å²) in [5.74, 6) is -0.100. The van der Waals surface area contributed by atoms with Crippen molar-refractivity contribution < 1.29 is 9.90 Å². The number of carbonyl (C=O) groups is 1. The molecule has 1 aromatic carbocycles. The summed E-state index contributed by atoms with van der Waals surface area (Å²) in [5, 5.41) is 12.8.